The summed E-state index contributed by atoms with van der Waals surface area (Å²) in [5.41, 5.74) is 0. The van der Waals surface area contributed by atoms with E-state index in [1.54, 1.807) is 60.7 Å². The molecule has 0 unspecified atom stereocenters. The van der Waals surface area contributed by atoms with Crippen molar-refractivity contribution in [1.29, 1.82) is 0 Å². The lowest BCUT2D eigenvalue weighted by molar-refractivity contribution is -0.0412. The normalized spacial score (nSPS) is 12.5. The van der Waals surface area contributed by atoms with Crippen molar-refractivity contribution >= 4 is 35.7 Å². The molecule has 0 N–H and O–H groups in total. The molecule has 0 aromatic heterocycles. The molecule has 4 rings (SSSR count). The monoisotopic (exact) mass is 482 g/mol. The molecule has 168 valence electrons. The minimum atomic E-state index is -4.34. The van der Waals surface area contributed by atoms with Crippen LogP contribution in [0.2, 0.25) is 0 Å². The average Bonchev–Trinajstić information content (AvgIpc) is 2.86. The molecule has 0 aliphatic heterocycles. The average molecular weight is 482 g/mol. The lowest BCUT2D eigenvalue weighted by Gasteiger charge is -2.31. The highest BCUT2D eigenvalue weighted by atomic mass is 31.2. The topological polar surface area (TPSA) is 0 Å². The molecule has 0 radical (unpaired) electrons. The maximum absolute atomic E-state index is 15.2. The van der Waals surface area contributed by atoms with Crippen molar-refractivity contribution in [1.82, 2.24) is 0 Å². The molecule has 0 heterocycles. The third kappa shape index (κ3) is 4.63. The third-order valence-corrected chi connectivity index (χ3v) is 14.8. The predicted octanol–water partition coefficient (Wildman–Crippen LogP) is 6.47. The van der Waals surface area contributed by atoms with Crippen molar-refractivity contribution in [2.24, 2.45) is 0 Å². The summed E-state index contributed by atoms with van der Waals surface area (Å²) in [5, 5.41) is 3.07. The van der Waals surface area contributed by atoms with E-state index in [0.717, 1.165) is 10.6 Å². The van der Waals surface area contributed by atoms with E-state index in [2.05, 4.69) is 30.9 Å². The second-order valence-corrected chi connectivity index (χ2v) is 15.7. The quantitative estimate of drug-likeness (QED) is 0.265. The largest absolute Gasteiger partial charge is 0.519 e. The highest BCUT2D eigenvalue weighted by Gasteiger charge is 2.67. The van der Waals surface area contributed by atoms with Gasteiger partial charge in [0.1, 0.15) is 22.9 Å². The molecule has 0 saturated heterocycles. The van der Waals surface area contributed by atoms with Gasteiger partial charge in [0, 0.05) is 0 Å². The van der Waals surface area contributed by atoms with Crippen LogP contribution in [0, 0.1) is 0 Å². The molecule has 4 aromatic carbocycles. The van der Waals surface area contributed by atoms with Crippen molar-refractivity contribution in [3.63, 3.8) is 0 Å². The van der Waals surface area contributed by atoms with Crippen LogP contribution in [0.4, 0.5) is 13.2 Å². The van der Waals surface area contributed by atoms with Crippen LogP contribution in [0.25, 0.3) is 0 Å². The van der Waals surface area contributed by atoms with Gasteiger partial charge in [-0.25, -0.2) is 0 Å². The predicted molar refractivity (Wildman–Crippen MR) is 140 cm³/mol. The number of halogens is 3. The van der Waals surface area contributed by atoms with Gasteiger partial charge in [0.25, 0.3) is 0 Å². The molecule has 5 heteroatoms. The van der Waals surface area contributed by atoms with Gasteiger partial charge in [0.15, 0.2) is 7.26 Å². The van der Waals surface area contributed by atoms with E-state index in [4.69, 9.17) is 0 Å². The molecule has 0 aliphatic rings. The molecule has 33 heavy (non-hydrogen) atoms. The summed E-state index contributed by atoms with van der Waals surface area (Å²) in [6.07, 6.45) is 0.566. The molecule has 0 amide bonds. The fraction of sp³-hybridized carbons (Fsp3) is 0.143. The summed E-state index contributed by atoms with van der Waals surface area (Å²) in [7, 11) is -5.75. The third-order valence-electron chi connectivity index (χ3n) is 6.36. The van der Waals surface area contributed by atoms with Crippen molar-refractivity contribution < 1.29 is 13.2 Å². The van der Waals surface area contributed by atoms with Gasteiger partial charge in [-0.1, -0.05) is 72.8 Å². The molecule has 0 fully saturated rings. The number of rotatable bonds is 7. The first kappa shape index (κ1) is 23.7. The van der Waals surface area contributed by atoms with E-state index in [9.17, 15) is 0 Å². The Morgan fingerprint density at radius 2 is 0.788 bits per heavy atom. The minimum absolute atomic E-state index is 0.0819. The molecule has 0 saturated carbocycles. The Balaban J connectivity index is 1.87. The standard InChI is InChI=1S/C28H27F3P2/c1-32(24-14-6-2-7-15-24,25-16-8-3-9-17-25)22-23-33(28(29,30)31,26-18-10-4-11-19-26)27-20-12-5-13-21-27/h2-21H,22-23H2,1H3/q+2. The van der Waals surface area contributed by atoms with Crippen molar-refractivity contribution in [3.8, 4) is 0 Å². The Hall–Kier alpha value is -2.47. The van der Waals surface area contributed by atoms with Crippen LogP contribution in [0.15, 0.2) is 121 Å². The van der Waals surface area contributed by atoms with Gasteiger partial charge in [-0.15, -0.1) is 13.2 Å². The van der Waals surface area contributed by atoms with E-state index in [0.29, 0.717) is 16.8 Å². The molecule has 0 atom stereocenters. The van der Waals surface area contributed by atoms with E-state index in [1.807, 2.05) is 36.4 Å². The van der Waals surface area contributed by atoms with Crippen molar-refractivity contribution in [3.05, 3.63) is 121 Å². The minimum Gasteiger partial charge on any atom is -0.134 e. The van der Waals surface area contributed by atoms with Crippen LogP contribution in [-0.4, -0.2) is 24.9 Å². The first-order valence-corrected chi connectivity index (χ1v) is 15.3. The number of alkyl halides is 3. The van der Waals surface area contributed by atoms with Gasteiger partial charge < -0.3 is 0 Å². The zero-order valence-corrected chi connectivity index (χ0v) is 20.3. The van der Waals surface area contributed by atoms with Crippen LogP contribution < -0.4 is 21.2 Å². The van der Waals surface area contributed by atoms with E-state index in [-0.39, 0.29) is 6.16 Å². The highest BCUT2D eigenvalue weighted by Crippen LogP contribution is 2.71. The summed E-state index contributed by atoms with van der Waals surface area (Å²) in [6.45, 7) is 2.18. The van der Waals surface area contributed by atoms with Crippen LogP contribution in [0.5, 0.6) is 0 Å². The first-order chi connectivity index (χ1) is 15.9. The van der Waals surface area contributed by atoms with Gasteiger partial charge in [-0.2, -0.15) is 0 Å². The Morgan fingerprint density at radius 1 is 0.485 bits per heavy atom. The van der Waals surface area contributed by atoms with Crippen LogP contribution in [-0.2, 0) is 0 Å². The molecule has 0 bridgehead atoms. The summed E-state index contributed by atoms with van der Waals surface area (Å²) < 4.78 is 45.6. The Labute approximate surface area is 195 Å². The summed E-state index contributed by atoms with van der Waals surface area (Å²) in [5.74, 6) is -4.34. The zero-order valence-electron chi connectivity index (χ0n) is 18.5. The molecule has 4 aromatic rings. The lowest BCUT2D eigenvalue weighted by atomic mass is 10.4. The van der Waals surface area contributed by atoms with E-state index >= 15 is 13.2 Å². The molecule has 0 aliphatic carbocycles. The number of hydrogen-bond donors (Lipinski definition) is 0. The number of hydrogen-bond acceptors (Lipinski definition) is 0. The molecular formula is C28H27F3P2+2. The fourth-order valence-electron chi connectivity index (χ4n) is 4.46. The van der Waals surface area contributed by atoms with Crippen LogP contribution in [0.3, 0.4) is 0 Å². The first-order valence-electron chi connectivity index (χ1n) is 10.9. The fourth-order valence-corrected chi connectivity index (χ4v) is 12.8. The Kier molecular flexibility index (Phi) is 7.03. The molecular weight excluding hydrogens is 455 g/mol. The van der Waals surface area contributed by atoms with Crippen molar-refractivity contribution in [2.75, 3.05) is 19.0 Å². The van der Waals surface area contributed by atoms with E-state index in [1.165, 1.54) is 0 Å². The molecule has 0 nitrogen and oxygen atoms in total. The van der Waals surface area contributed by atoms with Gasteiger partial charge in [0.2, 0.25) is 0 Å². The zero-order chi connectivity index (χ0) is 23.4. The SMILES string of the molecule is C[P+](CC[P+](c1ccccc1)(c1ccccc1)C(F)(F)F)(c1ccccc1)c1ccccc1. The van der Waals surface area contributed by atoms with Gasteiger partial charge in [0.05, 0.1) is 24.5 Å². The smallest absolute Gasteiger partial charge is 0.134 e. The van der Waals surface area contributed by atoms with Crippen molar-refractivity contribution in [2.45, 2.75) is 5.92 Å². The Morgan fingerprint density at radius 3 is 1.09 bits per heavy atom. The number of benzene rings is 4. The lowest BCUT2D eigenvalue weighted by Crippen LogP contribution is -2.38. The maximum atomic E-state index is 15.2. The van der Waals surface area contributed by atoms with Gasteiger partial charge >= 0.3 is 5.92 Å². The summed E-state index contributed by atoms with van der Waals surface area (Å²) in [4.78, 5) is 0. The summed E-state index contributed by atoms with van der Waals surface area (Å²) in [6, 6.07) is 37.2. The van der Waals surface area contributed by atoms with Crippen LogP contribution >= 0.6 is 14.5 Å². The van der Waals surface area contributed by atoms with E-state index < -0.39 is 20.4 Å². The second kappa shape index (κ2) is 9.80. The highest BCUT2D eigenvalue weighted by molar-refractivity contribution is 7.93. The maximum Gasteiger partial charge on any atom is 0.519 e. The van der Waals surface area contributed by atoms with Gasteiger partial charge in [-0.3, -0.25) is 0 Å². The second-order valence-electron chi connectivity index (χ2n) is 8.26. The van der Waals surface area contributed by atoms with Crippen LogP contribution in [0.1, 0.15) is 0 Å². The Bertz CT molecular complexity index is 1070. The summed E-state index contributed by atoms with van der Waals surface area (Å²) >= 11 is 0. The molecule has 0 spiro atoms. The van der Waals surface area contributed by atoms with Gasteiger partial charge in [-0.05, 0) is 48.5 Å².